The average Bonchev–Trinajstić information content (AvgIpc) is 2.48. The summed E-state index contributed by atoms with van der Waals surface area (Å²) in [7, 11) is 0. The molecule has 0 aliphatic rings. The zero-order valence-electron chi connectivity index (χ0n) is 12.4. The molecular weight excluding hydrogens is 216 g/mol. The molecule has 0 aromatic heterocycles. The number of rotatable bonds is 4. The lowest BCUT2D eigenvalue weighted by atomic mass is 10.2. The lowest BCUT2D eigenvalue weighted by Crippen LogP contribution is -1.73. The van der Waals surface area contributed by atoms with Gasteiger partial charge in [0.1, 0.15) is 0 Å². The first kappa shape index (κ1) is 18.8. The van der Waals surface area contributed by atoms with Gasteiger partial charge in [-0.1, -0.05) is 89.4 Å². The molecule has 0 saturated carbocycles. The predicted octanol–water partition coefficient (Wildman–Crippen LogP) is 5.97. The number of aryl methyl sites for hydroxylation is 1. The van der Waals surface area contributed by atoms with Crippen molar-refractivity contribution in [1.29, 1.82) is 0 Å². The van der Waals surface area contributed by atoms with E-state index in [-0.39, 0.29) is 0 Å². The van der Waals surface area contributed by atoms with Gasteiger partial charge in [-0.15, -0.1) is 0 Å². The Bertz CT molecular complexity index is 317. The molecular formula is C18H28. The molecule has 18 heavy (non-hydrogen) atoms. The van der Waals surface area contributed by atoms with Crippen LogP contribution in [0.2, 0.25) is 0 Å². The molecule has 0 bridgehead atoms. The van der Waals surface area contributed by atoms with E-state index in [1.165, 1.54) is 11.1 Å². The first-order valence-corrected chi connectivity index (χ1v) is 6.76. The Kier molecular flexibility index (Phi) is 16.1. The van der Waals surface area contributed by atoms with Gasteiger partial charge in [0, 0.05) is 0 Å². The van der Waals surface area contributed by atoms with Crippen LogP contribution in [-0.4, -0.2) is 0 Å². The van der Waals surface area contributed by atoms with Crippen LogP contribution in [0, 0.1) is 0 Å². The average molecular weight is 244 g/mol. The number of hydrogen-bond donors (Lipinski definition) is 0. The molecule has 100 valence electrons. The minimum atomic E-state index is 1.04. The molecule has 0 heterocycles. The fourth-order valence-corrected chi connectivity index (χ4v) is 1.20. The Morgan fingerprint density at radius 3 is 1.83 bits per heavy atom. The normalized spacial score (nSPS) is 9.22. The molecule has 0 heteroatoms. The first-order valence-electron chi connectivity index (χ1n) is 6.76. The molecule has 0 spiro atoms. The number of benzene rings is 1. The Morgan fingerprint density at radius 2 is 1.61 bits per heavy atom. The van der Waals surface area contributed by atoms with Gasteiger partial charge in [0.15, 0.2) is 0 Å². The van der Waals surface area contributed by atoms with Gasteiger partial charge in [0.05, 0.1) is 0 Å². The second kappa shape index (κ2) is 15.4. The summed E-state index contributed by atoms with van der Waals surface area (Å²) >= 11 is 0. The van der Waals surface area contributed by atoms with E-state index in [1.807, 2.05) is 32.1 Å². The summed E-state index contributed by atoms with van der Waals surface area (Å²) in [5.74, 6) is 0. The van der Waals surface area contributed by atoms with Crippen molar-refractivity contribution < 1.29 is 0 Å². The van der Waals surface area contributed by atoms with Crippen molar-refractivity contribution >= 4 is 0 Å². The van der Waals surface area contributed by atoms with E-state index in [1.54, 1.807) is 6.08 Å². The monoisotopic (exact) mass is 244 g/mol. The lowest BCUT2D eigenvalue weighted by molar-refractivity contribution is 1.14. The van der Waals surface area contributed by atoms with Crippen LogP contribution in [0.5, 0.6) is 0 Å². The molecule has 0 aliphatic heterocycles. The molecule has 0 atom stereocenters. The van der Waals surface area contributed by atoms with E-state index < -0.39 is 0 Å². The third kappa shape index (κ3) is 10.9. The van der Waals surface area contributed by atoms with E-state index in [0.29, 0.717) is 0 Å². The number of hydrogen-bond acceptors (Lipinski definition) is 0. The maximum atomic E-state index is 3.63. The highest BCUT2D eigenvalue weighted by atomic mass is 13.9. The van der Waals surface area contributed by atoms with Crippen molar-refractivity contribution in [2.24, 2.45) is 0 Å². The second-order valence-corrected chi connectivity index (χ2v) is 3.37. The van der Waals surface area contributed by atoms with Crippen LogP contribution >= 0.6 is 0 Å². The van der Waals surface area contributed by atoms with Gasteiger partial charge in [-0.25, -0.2) is 0 Å². The predicted molar refractivity (Wildman–Crippen MR) is 85.9 cm³/mol. The Labute approximate surface area is 114 Å². The van der Waals surface area contributed by atoms with Crippen LogP contribution in [0.4, 0.5) is 0 Å². The topological polar surface area (TPSA) is 0 Å². The Balaban J connectivity index is 0. The Morgan fingerprint density at radius 1 is 1.06 bits per heavy atom. The van der Waals surface area contributed by atoms with Crippen molar-refractivity contribution in [2.45, 2.75) is 40.5 Å². The van der Waals surface area contributed by atoms with Gasteiger partial charge < -0.3 is 0 Å². The minimum absolute atomic E-state index is 1.04. The first-order chi connectivity index (χ1) is 8.78. The Hall–Kier alpha value is -1.56. The van der Waals surface area contributed by atoms with Gasteiger partial charge >= 0.3 is 0 Å². The van der Waals surface area contributed by atoms with E-state index in [0.717, 1.165) is 12.8 Å². The molecule has 0 radical (unpaired) electrons. The third-order valence-electron chi connectivity index (χ3n) is 2.25. The molecule has 0 unspecified atom stereocenters. The molecule has 0 fully saturated rings. The standard InChI is InChI=1S/C8H10.C8H12.C2H6/c1-2-8-6-4-3-5-7-8;1-4-7-8(5-2)6-3;1-2/h3-7H,2H2,1H3;4-5,7H,1-2,6H2,3H3;1-2H3/b;8-7+;. The summed E-state index contributed by atoms with van der Waals surface area (Å²) in [5, 5.41) is 0. The molecule has 0 aliphatic carbocycles. The highest BCUT2D eigenvalue weighted by molar-refractivity contribution is 5.20. The molecule has 1 aromatic carbocycles. The van der Waals surface area contributed by atoms with Crippen molar-refractivity contribution in [1.82, 2.24) is 0 Å². The van der Waals surface area contributed by atoms with Crippen molar-refractivity contribution in [3.05, 3.63) is 72.9 Å². The fraction of sp³-hybridized carbons (Fsp3) is 0.333. The van der Waals surface area contributed by atoms with Gasteiger partial charge in [-0.3, -0.25) is 0 Å². The van der Waals surface area contributed by atoms with Gasteiger partial charge in [0.2, 0.25) is 0 Å². The summed E-state index contributed by atoms with van der Waals surface area (Å²) in [6.45, 7) is 15.5. The van der Waals surface area contributed by atoms with Crippen molar-refractivity contribution in [2.75, 3.05) is 0 Å². The van der Waals surface area contributed by atoms with Gasteiger partial charge in [-0.05, 0) is 24.0 Å². The molecule has 0 amide bonds. The van der Waals surface area contributed by atoms with Crippen LogP contribution in [0.25, 0.3) is 0 Å². The molecule has 0 saturated heterocycles. The van der Waals surface area contributed by atoms with Crippen molar-refractivity contribution in [3.8, 4) is 0 Å². The summed E-state index contributed by atoms with van der Waals surface area (Å²) in [4.78, 5) is 0. The zero-order chi connectivity index (χ0) is 14.2. The SMILES string of the molecule is C=C/C=C(\C=C)CC.CC.CCc1ccccc1. The molecule has 1 rings (SSSR count). The van der Waals surface area contributed by atoms with Crippen LogP contribution in [0.3, 0.4) is 0 Å². The molecule has 0 N–H and O–H groups in total. The lowest BCUT2D eigenvalue weighted by Gasteiger charge is -1.89. The third-order valence-corrected chi connectivity index (χ3v) is 2.25. The summed E-state index contributed by atoms with van der Waals surface area (Å²) in [6, 6.07) is 10.5. The van der Waals surface area contributed by atoms with Crippen LogP contribution in [0.1, 0.15) is 39.7 Å². The number of allylic oxidation sites excluding steroid dienone is 4. The van der Waals surface area contributed by atoms with Gasteiger partial charge in [-0.2, -0.15) is 0 Å². The minimum Gasteiger partial charge on any atom is -0.0991 e. The maximum absolute atomic E-state index is 3.63. The van der Waals surface area contributed by atoms with E-state index in [2.05, 4.69) is 51.3 Å². The summed E-state index contributed by atoms with van der Waals surface area (Å²) in [6.07, 6.45) is 7.77. The summed E-state index contributed by atoms with van der Waals surface area (Å²) < 4.78 is 0. The van der Waals surface area contributed by atoms with Crippen LogP contribution in [0.15, 0.2) is 67.3 Å². The second-order valence-electron chi connectivity index (χ2n) is 3.37. The van der Waals surface area contributed by atoms with E-state index in [9.17, 15) is 0 Å². The summed E-state index contributed by atoms with van der Waals surface area (Å²) in [5.41, 5.74) is 2.65. The largest absolute Gasteiger partial charge is 0.0991 e. The smallest absolute Gasteiger partial charge is 0.0307 e. The molecule has 0 nitrogen and oxygen atoms in total. The fourth-order valence-electron chi connectivity index (χ4n) is 1.20. The van der Waals surface area contributed by atoms with E-state index in [4.69, 9.17) is 0 Å². The zero-order valence-corrected chi connectivity index (χ0v) is 12.4. The van der Waals surface area contributed by atoms with Crippen LogP contribution in [-0.2, 0) is 6.42 Å². The van der Waals surface area contributed by atoms with E-state index >= 15 is 0 Å². The quantitative estimate of drug-likeness (QED) is 0.572. The molecule has 1 aromatic rings. The highest BCUT2D eigenvalue weighted by Crippen LogP contribution is 1.99. The van der Waals surface area contributed by atoms with Crippen LogP contribution < -0.4 is 0 Å². The maximum Gasteiger partial charge on any atom is -0.0307 e. The van der Waals surface area contributed by atoms with Crippen molar-refractivity contribution in [3.63, 3.8) is 0 Å². The van der Waals surface area contributed by atoms with Gasteiger partial charge in [0.25, 0.3) is 0 Å². The highest BCUT2D eigenvalue weighted by Gasteiger charge is 1.80.